The first kappa shape index (κ1) is 13.1. The molecule has 0 saturated carbocycles. The summed E-state index contributed by atoms with van der Waals surface area (Å²) in [7, 11) is 0. The number of carbonyl (C=O) groups excluding carboxylic acids is 1. The fourth-order valence-corrected chi connectivity index (χ4v) is 3.71. The number of hydrogen-bond acceptors (Lipinski definition) is 2. The summed E-state index contributed by atoms with van der Waals surface area (Å²) in [4.78, 5) is 17.3. The van der Waals surface area contributed by atoms with Crippen molar-refractivity contribution in [3.05, 3.63) is 34.3 Å². The Balaban J connectivity index is 1.81. The van der Waals surface area contributed by atoms with Crippen LogP contribution in [-0.4, -0.2) is 47.4 Å². The SMILES string of the molecule is CC1CN2CCCC2CN1C(=O)c1ccccc1Br. The maximum absolute atomic E-state index is 12.7. The normalized spacial score (nSPS) is 27.4. The van der Waals surface area contributed by atoms with Crippen LogP contribution in [0.5, 0.6) is 0 Å². The van der Waals surface area contributed by atoms with Crippen LogP contribution in [-0.2, 0) is 0 Å². The fourth-order valence-electron chi connectivity index (χ4n) is 3.26. The zero-order valence-electron chi connectivity index (χ0n) is 11.2. The maximum atomic E-state index is 12.7. The zero-order valence-corrected chi connectivity index (χ0v) is 12.8. The average molecular weight is 323 g/mol. The molecule has 0 spiro atoms. The molecule has 2 unspecified atom stereocenters. The maximum Gasteiger partial charge on any atom is 0.255 e. The van der Waals surface area contributed by atoms with Crippen molar-refractivity contribution < 1.29 is 4.79 Å². The lowest BCUT2D eigenvalue weighted by molar-refractivity contribution is 0.0394. The van der Waals surface area contributed by atoms with Crippen molar-refractivity contribution in [2.24, 2.45) is 0 Å². The fraction of sp³-hybridized carbons (Fsp3) is 0.533. The van der Waals surface area contributed by atoms with Gasteiger partial charge in [-0.05, 0) is 54.4 Å². The van der Waals surface area contributed by atoms with E-state index in [1.807, 2.05) is 29.2 Å². The van der Waals surface area contributed by atoms with E-state index in [-0.39, 0.29) is 5.91 Å². The first-order chi connectivity index (χ1) is 9.16. The molecule has 2 fully saturated rings. The van der Waals surface area contributed by atoms with Gasteiger partial charge in [0.2, 0.25) is 0 Å². The average Bonchev–Trinajstić information content (AvgIpc) is 2.84. The van der Waals surface area contributed by atoms with Crippen LogP contribution < -0.4 is 0 Å². The standard InChI is InChI=1S/C15H19BrN2O/c1-11-9-17-8-4-5-12(17)10-18(11)15(19)13-6-2-3-7-14(13)16/h2-3,6-7,11-12H,4-5,8-10H2,1H3. The van der Waals surface area contributed by atoms with Gasteiger partial charge >= 0.3 is 0 Å². The molecule has 1 aromatic rings. The summed E-state index contributed by atoms with van der Waals surface area (Å²) in [6, 6.07) is 8.58. The van der Waals surface area contributed by atoms with Gasteiger partial charge in [-0.25, -0.2) is 0 Å². The molecule has 2 atom stereocenters. The van der Waals surface area contributed by atoms with Crippen LogP contribution in [0.25, 0.3) is 0 Å². The number of nitrogens with zero attached hydrogens (tertiary/aromatic N) is 2. The largest absolute Gasteiger partial charge is 0.333 e. The van der Waals surface area contributed by atoms with E-state index in [0.717, 1.165) is 23.1 Å². The molecule has 0 aliphatic carbocycles. The molecule has 2 aliphatic rings. The number of amides is 1. The highest BCUT2D eigenvalue weighted by atomic mass is 79.9. The summed E-state index contributed by atoms with van der Waals surface area (Å²) < 4.78 is 0.890. The number of fused-ring (bicyclic) bond motifs is 1. The van der Waals surface area contributed by atoms with Crippen molar-refractivity contribution in [3.63, 3.8) is 0 Å². The quantitative estimate of drug-likeness (QED) is 0.793. The van der Waals surface area contributed by atoms with Crippen molar-refractivity contribution in [1.29, 1.82) is 0 Å². The number of rotatable bonds is 1. The van der Waals surface area contributed by atoms with Gasteiger partial charge in [-0.2, -0.15) is 0 Å². The molecule has 0 N–H and O–H groups in total. The highest BCUT2D eigenvalue weighted by Crippen LogP contribution is 2.27. The highest BCUT2D eigenvalue weighted by molar-refractivity contribution is 9.10. The van der Waals surface area contributed by atoms with E-state index in [9.17, 15) is 4.79 Å². The molecule has 102 valence electrons. The van der Waals surface area contributed by atoms with Crippen molar-refractivity contribution >= 4 is 21.8 Å². The molecule has 3 rings (SSSR count). The zero-order chi connectivity index (χ0) is 13.4. The van der Waals surface area contributed by atoms with E-state index >= 15 is 0 Å². The molecule has 0 aromatic heterocycles. The Hall–Kier alpha value is -0.870. The Bertz CT molecular complexity index is 491. The lowest BCUT2D eigenvalue weighted by Gasteiger charge is -2.42. The first-order valence-corrected chi connectivity index (χ1v) is 7.75. The van der Waals surface area contributed by atoms with Crippen LogP contribution in [0.2, 0.25) is 0 Å². The van der Waals surface area contributed by atoms with Crippen molar-refractivity contribution in [3.8, 4) is 0 Å². The van der Waals surface area contributed by atoms with Crippen LogP contribution in [0.15, 0.2) is 28.7 Å². The molecule has 19 heavy (non-hydrogen) atoms. The van der Waals surface area contributed by atoms with Crippen LogP contribution >= 0.6 is 15.9 Å². The lowest BCUT2D eigenvalue weighted by atomic mass is 10.1. The number of hydrogen-bond donors (Lipinski definition) is 0. The van der Waals surface area contributed by atoms with Crippen LogP contribution in [0.3, 0.4) is 0 Å². The molecule has 4 heteroatoms. The van der Waals surface area contributed by atoms with Crippen LogP contribution in [0, 0.1) is 0 Å². The molecule has 2 saturated heterocycles. The number of benzene rings is 1. The molecule has 2 heterocycles. The minimum atomic E-state index is 0.159. The van der Waals surface area contributed by atoms with E-state index in [0.29, 0.717) is 12.1 Å². The summed E-state index contributed by atoms with van der Waals surface area (Å²) in [5.74, 6) is 0.159. The predicted octanol–water partition coefficient (Wildman–Crippen LogP) is 2.76. The van der Waals surface area contributed by atoms with Gasteiger partial charge in [0, 0.05) is 29.6 Å². The summed E-state index contributed by atoms with van der Waals surface area (Å²) in [5.41, 5.74) is 0.779. The van der Waals surface area contributed by atoms with Gasteiger partial charge in [0.15, 0.2) is 0 Å². The second-order valence-corrected chi connectivity index (χ2v) is 6.43. The van der Waals surface area contributed by atoms with Crippen molar-refractivity contribution in [2.45, 2.75) is 31.8 Å². The summed E-state index contributed by atoms with van der Waals surface area (Å²) >= 11 is 3.48. The highest BCUT2D eigenvalue weighted by Gasteiger charge is 2.36. The smallest absolute Gasteiger partial charge is 0.255 e. The molecular formula is C15H19BrN2O. The van der Waals surface area contributed by atoms with E-state index in [2.05, 4.69) is 27.8 Å². The third-order valence-corrected chi connectivity index (χ3v) is 4.99. The van der Waals surface area contributed by atoms with E-state index in [1.165, 1.54) is 19.4 Å². The van der Waals surface area contributed by atoms with Gasteiger partial charge in [0.1, 0.15) is 0 Å². The summed E-state index contributed by atoms with van der Waals surface area (Å²) in [6.45, 7) is 5.25. The van der Waals surface area contributed by atoms with Crippen LogP contribution in [0.4, 0.5) is 0 Å². The third kappa shape index (κ3) is 2.43. The van der Waals surface area contributed by atoms with E-state index < -0.39 is 0 Å². The topological polar surface area (TPSA) is 23.6 Å². The molecule has 0 bridgehead atoms. The predicted molar refractivity (Wildman–Crippen MR) is 79.2 cm³/mol. The Kier molecular flexibility index (Phi) is 3.63. The number of halogens is 1. The molecule has 0 radical (unpaired) electrons. The molecule has 1 amide bonds. The van der Waals surface area contributed by atoms with Crippen LogP contribution in [0.1, 0.15) is 30.1 Å². The Morgan fingerprint density at radius 1 is 1.32 bits per heavy atom. The second kappa shape index (κ2) is 5.25. The van der Waals surface area contributed by atoms with E-state index in [1.54, 1.807) is 0 Å². The van der Waals surface area contributed by atoms with Gasteiger partial charge in [-0.3, -0.25) is 9.69 Å². The lowest BCUT2D eigenvalue weighted by Crippen LogP contribution is -2.56. The Labute approximate surface area is 122 Å². The van der Waals surface area contributed by atoms with Gasteiger partial charge < -0.3 is 4.90 Å². The summed E-state index contributed by atoms with van der Waals surface area (Å²) in [5, 5.41) is 0. The molecular weight excluding hydrogens is 304 g/mol. The first-order valence-electron chi connectivity index (χ1n) is 6.96. The van der Waals surface area contributed by atoms with Gasteiger partial charge in [0.25, 0.3) is 5.91 Å². The molecule has 1 aromatic carbocycles. The van der Waals surface area contributed by atoms with E-state index in [4.69, 9.17) is 0 Å². The monoisotopic (exact) mass is 322 g/mol. The van der Waals surface area contributed by atoms with Gasteiger partial charge in [-0.1, -0.05) is 12.1 Å². The summed E-state index contributed by atoms with van der Waals surface area (Å²) in [6.07, 6.45) is 2.50. The van der Waals surface area contributed by atoms with Gasteiger partial charge in [0.05, 0.1) is 5.56 Å². The minimum Gasteiger partial charge on any atom is -0.333 e. The Morgan fingerprint density at radius 3 is 2.89 bits per heavy atom. The van der Waals surface area contributed by atoms with Crippen molar-refractivity contribution in [1.82, 2.24) is 9.80 Å². The molecule has 3 nitrogen and oxygen atoms in total. The minimum absolute atomic E-state index is 0.159. The van der Waals surface area contributed by atoms with Gasteiger partial charge in [-0.15, -0.1) is 0 Å². The Morgan fingerprint density at radius 2 is 2.11 bits per heavy atom. The van der Waals surface area contributed by atoms with Crippen molar-refractivity contribution in [2.75, 3.05) is 19.6 Å². The third-order valence-electron chi connectivity index (χ3n) is 4.30. The second-order valence-electron chi connectivity index (χ2n) is 5.58. The number of carbonyl (C=O) groups is 1. The number of piperazine rings is 1. The molecule has 2 aliphatic heterocycles.